The Labute approximate surface area is 342 Å². The summed E-state index contributed by atoms with van der Waals surface area (Å²) in [7, 11) is 0. The van der Waals surface area contributed by atoms with E-state index in [0.717, 1.165) is 70.9 Å². The van der Waals surface area contributed by atoms with Gasteiger partial charge in [-0.2, -0.15) is 0 Å². The minimum Gasteiger partial charge on any atom is -0.456 e. The van der Waals surface area contributed by atoms with Crippen LogP contribution < -0.4 is 4.90 Å². The van der Waals surface area contributed by atoms with E-state index in [1.807, 2.05) is 17.4 Å². The van der Waals surface area contributed by atoms with Gasteiger partial charge in [-0.3, -0.25) is 0 Å². The lowest BCUT2D eigenvalue weighted by atomic mass is 9.98. The fourth-order valence-electron chi connectivity index (χ4n) is 8.51. The Kier molecular flexibility index (Phi) is 7.58. The molecule has 3 nitrogen and oxygen atoms in total. The topological polar surface area (TPSA) is 29.3 Å². The number of anilines is 3. The van der Waals surface area contributed by atoms with Crippen LogP contribution >= 0.6 is 22.7 Å². The molecule has 0 aliphatic carbocycles. The molecular weight excluding hydrogens is 745 g/mol. The van der Waals surface area contributed by atoms with E-state index in [0.29, 0.717) is 0 Å². The van der Waals surface area contributed by atoms with Crippen LogP contribution in [0.3, 0.4) is 0 Å². The van der Waals surface area contributed by atoms with Gasteiger partial charge in [0.25, 0.3) is 0 Å². The molecule has 0 aliphatic heterocycles. The average Bonchev–Trinajstić information content (AvgIpc) is 4.00. The lowest BCUT2D eigenvalue weighted by molar-refractivity contribution is 0.669. The first-order valence-electron chi connectivity index (χ1n) is 19.4. The van der Waals surface area contributed by atoms with Crippen LogP contribution in [0.4, 0.5) is 17.1 Å². The summed E-state index contributed by atoms with van der Waals surface area (Å²) in [6, 6.07) is 69.8. The molecule has 58 heavy (non-hydrogen) atoms. The number of hydrogen-bond donors (Lipinski definition) is 0. The molecule has 12 aromatic rings. The van der Waals surface area contributed by atoms with Crippen LogP contribution in [0.5, 0.6) is 0 Å². The van der Waals surface area contributed by atoms with Crippen molar-refractivity contribution in [2.45, 2.75) is 0 Å². The van der Waals surface area contributed by atoms with Crippen LogP contribution in [0.2, 0.25) is 0 Å². The second kappa shape index (κ2) is 13.3. The Morgan fingerprint density at radius 1 is 0.397 bits per heavy atom. The van der Waals surface area contributed by atoms with Crippen LogP contribution in [-0.2, 0) is 0 Å². The zero-order valence-electron chi connectivity index (χ0n) is 31.1. The molecule has 9 aromatic carbocycles. The van der Waals surface area contributed by atoms with E-state index in [4.69, 9.17) is 9.40 Å². The Morgan fingerprint density at radius 2 is 1.07 bits per heavy atom. The molecule has 5 heteroatoms. The molecule has 0 fully saturated rings. The van der Waals surface area contributed by atoms with Gasteiger partial charge < -0.3 is 9.32 Å². The maximum Gasteiger partial charge on any atom is 0.137 e. The third-order valence-corrected chi connectivity index (χ3v) is 13.5. The highest BCUT2D eigenvalue weighted by atomic mass is 32.1. The molecule has 0 saturated heterocycles. The van der Waals surface area contributed by atoms with Crippen molar-refractivity contribution in [1.29, 1.82) is 0 Å². The third-order valence-electron chi connectivity index (χ3n) is 11.3. The fourth-order valence-corrected chi connectivity index (χ4v) is 10.6. The van der Waals surface area contributed by atoms with Crippen molar-refractivity contribution in [3.05, 3.63) is 194 Å². The summed E-state index contributed by atoms with van der Waals surface area (Å²) in [4.78, 5) is 7.52. The minimum absolute atomic E-state index is 0.859. The molecule has 0 amide bonds. The van der Waals surface area contributed by atoms with Crippen LogP contribution in [0.25, 0.3) is 95.9 Å². The van der Waals surface area contributed by atoms with Gasteiger partial charge in [0.2, 0.25) is 0 Å². The zero-order valence-corrected chi connectivity index (χ0v) is 32.7. The first-order valence-corrected chi connectivity index (χ1v) is 21.1. The largest absolute Gasteiger partial charge is 0.456 e. The number of thiazole rings is 1. The van der Waals surface area contributed by atoms with E-state index in [2.05, 4.69) is 193 Å². The molecule has 0 aliphatic rings. The summed E-state index contributed by atoms with van der Waals surface area (Å²) in [6.45, 7) is 0. The van der Waals surface area contributed by atoms with Crippen LogP contribution in [0, 0.1) is 0 Å². The molecule has 0 atom stereocenters. The van der Waals surface area contributed by atoms with E-state index < -0.39 is 0 Å². The van der Waals surface area contributed by atoms with Gasteiger partial charge in [0.1, 0.15) is 16.2 Å². The van der Waals surface area contributed by atoms with Gasteiger partial charge in [-0.15, -0.1) is 22.7 Å². The predicted molar refractivity (Wildman–Crippen MR) is 248 cm³/mol. The highest BCUT2D eigenvalue weighted by Gasteiger charge is 2.18. The lowest BCUT2D eigenvalue weighted by Crippen LogP contribution is -2.09. The number of nitrogens with zero attached hydrogens (tertiary/aromatic N) is 2. The molecule has 3 heterocycles. The summed E-state index contributed by atoms with van der Waals surface area (Å²) in [6.07, 6.45) is 0. The number of thiophene rings is 1. The van der Waals surface area contributed by atoms with Crippen LogP contribution in [0.1, 0.15) is 0 Å². The first kappa shape index (κ1) is 33.1. The summed E-state index contributed by atoms with van der Waals surface area (Å²) < 4.78 is 10.1. The van der Waals surface area contributed by atoms with Crippen LogP contribution in [-0.4, -0.2) is 4.98 Å². The van der Waals surface area contributed by atoms with E-state index >= 15 is 0 Å². The smallest absolute Gasteiger partial charge is 0.137 e. The Hall–Kier alpha value is -7.05. The molecule has 0 spiro atoms. The van der Waals surface area contributed by atoms with Gasteiger partial charge in [-0.1, -0.05) is 127 Å². The Morgan fingerprint density at radius 3 is 1.91 bits per heavy atom. The lowest BCUT2D eigenvalue weighted by Gasteiger charge is -2.26. The molecule has 0 N–H and O–H groups in total. The summed E-state index contributed by atoms with van der Waals surface area (Å²) in [5.74, 6) is 0. The van der Waals surface area contributed by atoms with Crippen molar-refractivity contribution >= 4 is 103 Å². The second-order valence-electron chi connectivity index (χ2n) is 14.7. The van der Waals surface area contributed by atoms with Gasteiger partial charge in [-0.25, -0.2) is 4.98 Å². The second-order valence-corrected chi connectivity index (χ2v) is 16.8. The summed E-state index contributed by atoms with van der Waals surface area (Å²) in [5.41, 5.74) is 11.9. The number of rotatable bonds is 6. The highest BCUT2D eigenvalue weighted by molar-refractivity contribution is 7.25. The molecule has 12 rings (SSSR count). The Bertz CT molecular complexity index is 3500. The zero-order chi connectivity index (χ0) is 38.2. The fraction of sp³-hybridized carbons (Fsp3) is 0. The maximum atomic E-state index is 6.38. The van der Waals surface area contributed by atoms with E-state index in [1.54, 1.807) is 11.3 Å². The number of hydrogen-bond acceptors (Lipinski definition) is 5. The molecule has 3 aromatic heterocycles. The predicted octanol–water partition coefficient (Wildman–Crippen LogP) is 16.2. The number of aromatic nitrogens is 1. The summed E-state index contributed by atoms with van der Waals surface area (Å²) >= 11 is 3.57. The molecule has 0 radical (unpaired) electrons. The quantitative estimate of drug-likeness (QED) is 0.168. The van der Waals surface area contributed by atoms with Crippen molar-refractivity contribution < 1.29 is 4.42 Å². The average molecular weight is 777 g/mol. The van der Waals surface area contributed by atoms with Gasteiger partial charge in [0.15, 0.2) is 0 Å². The highest BCUT2D eigenvalue weighted by Crippen LogP contribution is 2.43. The van der Waals surface area contributed by atoms with E-state index in [9.17, 15) is 0 Å². The molecule has 0 unspecified atom stereocenters. The molecule has 0 saturated carbocycles. The van der Waals surface area contributed by atoms with Gasteiger partial charge >= 0.3 is 0 Å². The van der Waals surface area contributed by atoms with Crippen molar-refractivity contribution in [1.82, 2.24) is 4.98 Å². The van der Waals surface area contributed by atoms with Crippen molar-refractivity contribution in [2.24, 2.45) is 0 Å². The Balaban J connectivity index is 0.952. The number of benzene rings is 9. The van der Waals surface area contributed by atoms with Gasteiger partial charge in [-0.05, 0) is 99.8 Å². The number of furan rings is 1. The van der Waals surface area contributed by atoms with E-state index in [-0.39, 0.29) is 0 Å². The molecule has 272 valence electrons. The third kappa shape index (κ3) is 5.43. The molecular formula is C53H32N2OS2. The summed E-state index contributed by atoms with van der Waals surface area (Å²) in [5, 5.41) is 8.27. The normalized spacial score (nSPS) is 11.8. The maximum absolute atomic E-state index is 6.38. The van der Waals surface area contributed by atoms with Crippen molar-refractivity contribution in [3.8, 4) is 32.8 Å². The number of fused-ring (bicyclic) bond motifs is 9. The first-order chi connectivity index (χ1) is 28.7. The van der Waals surface area contributed by atoms with Gasteiger partial charge in [0, 0.05) is 48.2 Å². The van der Waals surface area contributed by atoms with Crippen LogP contribution in [0.15, 0.2) is 199 Å². The van der Waals surface area contributed by atoms with Crippen molar-refractivity contribution in [3.63, 3.8) is 0 Å². The SMILES string of the molecule is c1ccc(-c2nc3c(ccc4oc5ccc(-c6ccc(N(c7ccc(-c8cccc9ccccc89)cc7)c7ccc8c(c7)sc7ccccc78)cc6)cc5c43)s2)cc1. The van der Waals surface area contributed by atoms with Gasteiger partial charge in [0.05, 0.1) is 15.6 Å². The standard InChI is InChI=1S/C53H32N2OS2/c1-2-10-36(11-3-1)53-54-52-49(58-53)30-29-47-51(52)45-31-37(21-28-46(45)56-47)33-17-22-38(23-18-33)55(40-26-27-44-43-14-6-7-16-48(43)57-50(44)32-40)39-24-19-35(20-25-39)42-15-8-12-34-9-4-5-13-41(34)42/h1-32H. The van der Waals surface area contributed by atoms with E-state index in [1.165, 1.54) is 42.1 Å². The minimum atomic E-state index is 0.859. The molecule has 0 bridgehead atoms. The monoisotopic (exact) mass is 776 g/mol. The van der Waals surface area contributed by atoms with Crippen molar-refractivity contribution in [2.75, 3.05) is 4.90 Å².